The van der Waals surface area contributed by atoms with Gasteiger partial charge >= 0.3 is 0 Å². The third kappa shape index (κ3) is 2.73. The quantitative estimate of drug-likeness (QED) is 0.373. The molecule has 19 heavy (non-hydrogen) atoms. The molecule has 2 rings (SSSR count). The highest BCUT2D eigenvalue weighted by molar-refractivity contribution is 5.74. The van der Waals surface area contributed by atoms with Crippen LogP contribution in [0.1, 0.15) is 0 Å². The van der Waals surface area contributed by atoms with Crippen LogP contribution in [0, 0.1) is 0 Å². The molecule has 2 aromatic heterocycles. The largest absolute Gasteiger partial charge is 0.393 e. The van der Waals surface area contributed by atoms with E-state index in [4.69, 9.17) is 28.7 Å². The lowest BCUT2D eigenvalue weighted by molar-refractivity contribution is 0.783. The summed E-state index contributed by atoms with van der Waals surface area (Å²) in [6.45, 7) is 0. The van der Waals surface area contributed by atoms with Gasteiger partial charge in [-0.2, -0.15) is 10.2 Å². The van der Waals surface area contributed by atoms with E-state index in [1.807, 2.05) is 0 Å². The number of anilines is 6. The number of hydrogen-bond acceptors (Lipinski definition) is 8. The highest BCUT2D eigenvalue weighted by Crippen LogP contribution is 2.22. The van der Waals surface area contributed by atoms with Gasteiger partial charge in [-0.15, -0.1) is 0 Å². The van der Waals surface area contributed by atoms with Crippen LogP contribution >= 0.6 is 0 Å². The molecule has 0 aliphatic rings. The maximum Gasteiger partial charge on any atom is 0.171 e. The molecular formula is C9H20N10. The lowest BCUT2D eigenvalue weighted by Crippen LogP contribution is -1.99. The van der Waals surface area contributed by atoms with Crippen LogP contribution in [0.15, 0.2) is 0 Å². The smallest absolute Gasteiger partial charge is 0.171 e. The summed E-state index contributed by atoms with van der Waals surface area (Å²) in [5, 5.41) is 10.5. The molecule has 0 saturated heterocycles. The number of nitrogens with two attached hydrogens (primary N) is 5. The predicted molar refractivity (Wildman–Crippen MR) is 78.0 cm³/mol. The second kappa shape index (κ2) is 5.25. The molecule has 0 unspecified atom stereocenters. The van der Waals surface area contributed by atoms with Gasteiger partial charge in [0.1, 0.15) is 23.0 Å². The second-order valence-corrected chi connectivity index (χ2v) is 3.83. The molecule has 0 bridgehead atoms. The number of aryl methyl sites for hydroxylation is 2. The Kier molecular flexibility index (Phi) is 3.94. The van der Waals surface area contributed by atoms with E-state index >= 15 is 0 Å². The third-order valence-electron chi connectivity index (χ3n) is 2.53. The summed E-state index contributed by atoms with van der Waals surface area (Å²) in [4.78, 5) is 0. The number of aromatic nitrogens is 4. The Labute approximate surface area is 110 Å². The van der Waals surface area contributed by atoms with E-state index in [1.165, 1.54) is 9.36 Å². The van der Waals surface area contributed by atoms with Crippen molar-refractivity contribution in [3.8, 4) is 0 Å². The molecule has 2 heterocycles. The average molecular weight is 268 g/mol. The fourth-order valence-electron chi connectivity index (χ4n) is 1.39. The van der Waals surface area contributed by atoms with E-state index in [-0.39, 0.29) is 5.82 Å². The van der Waals surface area contributed by atoms with Crippen LogP contribution < -0.4 is 34.0 Å². The molecule has 10 heteroatoms. The maximum atomic E-state index is 5.57. The third-order valence-corrected chi connectivity index (χ3v) is 2.53. The average Bonchev–Trinajstić information content (AvgIpc) is 2.72. The first-order valence-corrected chi connectivity index (χ1v) is 5.38. The first kappa shape index (κ1) is 14.3. The van der Waals surface area contributed by atoms with Gasteiger partial charge in [-0.1, -0.05) is 0 Å². The van der Waals surface area contributed by atoms with Crippen molar-refractivity contribution in [2.75, 3.05) is 41.0 Å². The van der Waals surface area contributed by atoms with Gasteiger partial charge < -0.3 is 34.0 Å². The minimum atomic E-state index is 0.287. The molecule has 2 aromatic rings. The lowest BCUT2D eigenvalue weighted by Gasteiger charge is -1.97. The summed E-state index contributed by atoms with van der Waals surface area (Å²) in [6.07, 6.45) is 0. The number of nitrogens with zero attached hydrogens (tertiary/aromatic N) is 4. The van der Waals surface area contributed by atoms with E-state index in [2.05, 4.69) is 15.5 Å². The van der Waals surface area contributed by atoms with Crippen molar-refractivity contribution in [2.24, 2.45) is 14.1 Å². The SMILES string of the molecule is CNc1c(N)nn(C)c1N.Cn1nc(N)c(N)c1N. The van der Waals surface area contributed by atoms with Crippen LogP contribution in [0.2, 0.25) is 0 Å². The number of nitrogen functional groups attached to an aromatic ring is 5. The maximum absolute atomic E-state index is 5.57. The van der Waals surface area contributed by atoms with Crippen LogP contribution in [0.4, 0.5) is 34.6 Å². The van der Waals surface area contributed by atoms with Gasteiger partial charge in [0.15, 0.2) is 11.6 Å². The predicted octanol–water partition coefficient (Wildman–Crippen LogP) is -1.21. The van der Waals surface area contributed by atoms with Crippen LogP contribution in [-0.2, 0) is 14.1 Å². The first-order chi connectivity index (χ1) is 8.79. The first-order valence-electron chi connectivity index (χ1n) is 5.38. The second-order valence-electron chi connectivity index (χ2n) is 3.83. The van der Waals surface area contributed by atoms with E-state index in [0.717, 1.165) is 0 Å². The van der Waals surface area contributed by atoms with Crippen molar-refractivity contribution in [1.82, 2.24) is 19.6 Å². The van der Waals surface area contributed by atoms with Gasteiger partial charge in [0, 0.05) is 21.1 Å². The molecule has 0 atom stereocenters. The van der Waals surface area contributed by atoms with Gasteiger partial charge in [0.2, 0.25) is 0 Å². The molecule has 0 saturated carbocycles. The fraction of sp³-hybridized carbons (Fsp3) is 0.333. The van der Waals surface area contributed by atoms with Crippen LogP contribution in [0.25, 0.3) is 0 Å². The van der Waals surface area contributed by atoms with Gasteiger partial charge in [-0.3, -0.25) is 0 Å². The highest BCUT2D eigenvalue weighted by Gasteiger charge is 2.07. The Morgan fingerprint density at radius 3 is 1.47 bits per heavy atom. The summed E-state index contributed by atoms with van der Waals surface area (Å²) in [7, 11) is 5.18. The van der Waals surface area contributed by atoms with Crippen LogP contribution in [0.5, 0.6) is 0 Å². The highest BCUT2D eigenvalue weighted by atomic mass is 15.3. The normalized spacial score (nSPS) is 9.84. The Hall–Kier alpha value is -2.78. The van der Waals surface area contributed by atoms with Crippen molar-refractivity contribution in [2.45, 2.75) is 0 Å². The number of hydrogen-bond donors (Lipinski definition) is 6. The van der Waals surface area contributed by atoms with Gasteiger partial charge in [-0.25, -0.2) is 9.36 Å². The van der Waals surface area contributed by atoms with E-state index in [1.54, 1.807) is 21.1 Å². The van der Waals surface area contributed by atoms with Crippen molar-refractivity contribution in [3.63, 3.8) is 0 Å². The van der Waals surface area contributed by atoms with E-state index in [0.29, 0.717) is 28.8 Å². The minimum Gasteiger partial charge on any atom is -0.393 e. The Morgan fingerprint density at radius 2 is 1.32 bits per heavy atom. The minimum absolute atomic E-state index is 0.287. The summed E-state index contributed by atoms with van der Waals surface area (Å²) in [6, 6.07) is 0. The molecule has 0 fully saturated rings. The summed E-state index contributed by atoms with van der Waals surface area (Å²) in [5.74, 6) is 1.69. The Balaban J connectivity index is 0.000000191. The molecule has 10 nitrogen and oxygen atoms in total. The zero-order valence-corrected chi connectivity index (χ0v) is 11.2. The van der Waals surface area contributed by atoms with Gasteiger partial charge in [0.05, 0.1) is 0 Å². The summed E-state index contributed by atoms with van der Waals surface area (Å²) < 4.78 is 2.96. The molecular weight excluding hydrogens is 248 g/mol. The summed E-state index contributed by atoms with van der Waals surface area (Å²) in [5.41, 5.74) is 28.2. The zero-order valence-electron chi connectivity index (χ0n) is 11.2. The number of rotatable bonds is 1. The van der Waals surface area contributed by atoms with Crippen molar-refractivity contribution < 1.29 is 0 Å². The topological polar surface area (TPSA) is 178 Å². The van der Waals surface area contributed by atoms with Gasteiger partial charge in [-0.05, 0) is 0 Å². The lowest BCUT2D eigenvalue weighted by atomic mass is 10.5. The van der Waals surface area contributed by atoms with Crippen LogP contribution in [0.3, 0.4) is 0 Å². The monoisotopic (exact) mass is 268 g/mol. The number of nitrogens with one attached hydrogen (secondary N) is 1. The molecule has 0 spiro atoms. The molecule has 0 amide bonds. The zero-order chi connectivity index (χ0) is 14.7. The standard InChI is InChI=1S/C5H11N5.C4H9N5/c1-8-3-4(6)9-10(2)5(3)7;1-9-4(7)2(5)3(6)8-9/h8H,7H2,1-2H3,(H2,6,9);5,7H2,1H3,(H2,6,8). The van der Waals surface area contributed by atoms with Crippen molar-refractivity contribution in [3.05, 3.63) is 0 Å². The molecule has 0 aliphatic heterocycles. The molecule has 0 radical (unpaired) electrons. The van der Waals surface area contributed by atoms with Crippen LogP contribution in [-0.4, -0.2) is 26.6 Å². The van der Waals surface area contributed by atoms with Gasteiger partial charge in [0.25, 0.3) is 0 Å². The van der Waals surface area contributed by atoms with E-state index in [9.17, 15) is 0 Å². The van der Waals surface area contributed by atoms with E-state index < -0.39 is 0 Å². The fourth-order valence-corrected chi connectivity index (χ4v) is 1.39. The Morgan fingerprint density at radius 1 is 0.842 bits per heavy atom. The molecule has 11 N–H and O–H groups in total. The molecule has 0 aliphatic carbocycles. The Bertz CT molecular complexity index is 544. The summed E-state index contributed by atoms with van der Waals surface area (Å²) >= 11 is 0. The van der Waals surface area contributed by atoms with Crippen molar-refractivity contribution >= 4 is 34.6 Å². The van der Waals surface area contributed by atoms with Crippen molar-refractivity contribution in [1.29, 1.82) is 0 Å². The molecule has 0 aromatic carbocycles. The molecule has 106 valence electrons.